The van der Waals surface area contributed by atoms with Gasteiger partial charge in [-0.2, -0.15) is 0 Å². The third-order valence-corrected chi connectivity index (χ3v) is 4.29. The topological polar surface area (TPSA) is 15.3 Å². The number of nitrogens with one attached hydrogen (secondary N) is 1. The van der Waals surface area contributed by atoms with Crippen LogP contribution in [-0.4, -0.2) is 26.2 Å². The Kier molecular flexibility index (Phi) is 4.52. The second-order valence-electron chi connectivity index (χ2n) is 5.01. The fourth-order valence-electron chi connectivity index (χ4n) is 2.59. The first-order chi connectivity index (χ1) is 10.6. The molecule has 0 spiro atoms. The molecule has 3 rings (SSSR count). The van der Waals surface area contributed by atoms with Crippen LogP contribution < -0.4 is 10.2 Å². The van der Waals surface area contributed by atoms with Gasteiger partial charge >= 0.3 is 0 Å². The highest BCUT2D eigenvalue weighted by Crippen LogP contribution is 2.39. The maximum atomic E-state index is 14.9. The molecule has 0 atom stereocenters. The average Bonchev–Trinajstić information content (AvgIpc) is 2.50. The number of hydrogen-bond donors (Lipinski definition) is 1. The van der Waals surface area contributed by atoms with Gasteiger partial charge in [0, 0.05) is 53.4 Å². The number of halogens is 4. The lowest BCUT2D eigenvalue weighted by molar-refractivity contribution is 0.538. The van der Waals surface area contributed by atoms with Crippen LogP contribution in [0.4, 0.5) is 14.5 Å². The Morgan fingerprint density at radius 1 is 1.09 bits per heavy atom. The van der Waals surface area contributed by atoms with Crippen molar-refractivity contribution in [2.45, 2.75) is 0 Å². The van der Waals surface area contributed by atoms with Crippen LogP contribution in [-0.2, 0) is 0 Å². The molecule has 2 nitrogen and oxygen atoms in total. The van der Waals surface area contributed by atoms with Gasteiger partial charge in [0.15, 0.2) is 11.6 Å². The first kappa shape index (κ1) is 15.5. The number of nitrogens with zero attached hydrogens (tertiary/aromatic N) is 1. The van der Waals surface area contributed by atoms with Gasteiger partial charge in [0.1, 0.15) is 5.69 Å². The molecule has 6 heteroatoms. The maximum absolute atomic E-state index is 14.9. The van der Waals surface area contributed by atoms with E-state index < -0.39 is 11.6 Å². The molecule has 1 heterocycles. The zero-order valence-electron chi connectivity index (χ0n) is 11.6. The summed E-state index contributed by atoms with van der Waals surface area (Å²) in [6, 6.07) is 8.65. The Balaban J connectivity index is 2.14. The lowest BCUT2D eigenvalue weighted by Gasteiger charge is -2.30. The Morgan fingerprint density at radius 2 is 1.73 bits per heavy atom. The summed E-state index contributed by atoms with van der Waals surface area (Å²) in [5.41, 5.74) is 0.441. The highest BCUT2D eigenvalue weighted by molar-refractivity contribution is 6.39. The summed E-state index contributed by atoms with van der Waals surface area (Å²) in [6.45, 7) is 2.41. The molecular weight excluding hydrogens is 329 g/mol. The van der Waals surface area contributed by atoms with Gasteiger partial charge in [-0.25, -0.2) is 8.78 Å². The molecule has 1 aliphatic rings. The van der Waals surface area contributed by atoms with Gasteiger partial charge in [0.05, 0.1) is 0 Å². The zero-order valence-corrected chi connectivity index (χ0v) is 13.1. The number of hydrogen-bond acceptors (Lipinski definition) is 2. The van der Waals surface area contributed by atoms with E-state index in [0.717, 1.165) is 0 Å². The standard InChI is InChI=1S/C16H13Cl2F2N2/c17-11-2-1-3-12(18)14(11)10-4-5-13(19)16(15(10)20)22-8-6-21-7-9-22/h1-4,21H,6-9H2. The van der Waals surface area contributed by atoms with E-state index in [1.807, 2.05) is 0 Å². The predicted octanol–water partition coefficient (Wildman–Crippen LogP) is 4.15. The number of piperazine rings is 1. The van der Waals surface area contributed by atoms with Crippen LogP contribution in [0.2, 0.25) is 10.0 Å². The summed E-state index contributed by atoms with van der Waals surface area (Å²) in [6.07, 6.45) is 0. The maximum Gasteiger partial charge on any atom is 0.157 e. The van der Waals surface area contributed by atoms with Crippen LogP contribution in [0.5, 0.6) is 0 Å². The van der Waals surface area contributed by atoms with Crippen molar-refractivity contribution in [2.24, 2.45) is 0 Å². The molecule has 22 heavy (non-hydrogen) atoms. The Labute approximate surface area is 137 Å². The van der Waals surface area contributed by atoms with Crippen molar-refractivity contribution in [2.75, 3.05) is 31.1 Å². The molecule has 2 aromatic rings. The smallest absolute Gasteiger partial charge is 0.157 e. The van der Waals surface area contributed by atoms with E-state index in [1.54, 1.807) is 23.1 Å². The largest absolute Gasteiger partial charge is 0.364 e. The fraction of sp³-hybridized carbons (Fsp3) is 0.250. The summed E-state index contributed by atoms with van der Waals surface area (Å²) >= 11 is 12.3. The Morgan fingerprint density at radius 3 is 2.36 bits per heavy atom. The monoisotopic (exact) mass is 341 g/mol. The molecule has 2 aromatic carbocycles. The zero-order chi connectivity index (χ0) is 15.7. The summed E-state index contributed by atoms with van der Waals surface area (Å²) in [4.78, 5) is 1.67. The van der Waals surface area contributed by atoms with Crippen LogP contribution >= 0.6 is 23.2 Å². The van der Waals surface area contributed by atoms with Crippen molar-refractivity contribution in [1.29, 1.82) is 0 Å². The van der Waals surface area contributed by atoms with Crippen LogP contribution in [0.25, 0.3) is 11.1 Å². The molecule has 1 radical (unpaired) electrons. The molecular formula is C16H13Cl2F2N2. The van der Waals surface area contributed by atoms with Crippen molar-refractivity contribution in [3.05, 3.63) is 52.0 Å². The van der Waals surface area contributed by atoms with E-state index in [9.17, 15) is 8.78 Å². The second-order valence-corrected chi connectivity index (χ2v) is 5.83. The highest BCUT2D eigenvalue weighted by atomic mass is 35.5. The van der Waals surface area contributed by atoms with Crippen LogP contribution in [0.15, 0.2) is 24.3 Å². The summed E-state index contributed by atoms with van der Waals surface area (Å²) in [5, 5.41) is 3.78. The van der Waals surface area contributed by atoms with Gasteiger partial charge in [-0.3, -0.25) is 0 Å². The van der Waals surface area contributed by atoms with Gasteiger partial charge in [0.2, 0.25) is 0 Å². The Bertz CT molecular complexity index is 681. The molecule has 0 aromatic heterocycles. The third-order valence-electron chi connectivity index (χ3n) is 3.66. The fourth-order valence-corrected chi connectivity index (χ4v) is 3.20. The first-order valence-corrected chi connectivity index (χ1v) is 7.65. The minimum absolute atomic E-state index is 0.0741. The second kappa shape index (κ2) is 6.41. The molecule has 1 saturated heterocycles. The number of anilines is 1. The van der Waals surface area contributed by atoms with Crippen molar-refractivity contribution in [3.63, 3.8) is 0 Å². The van der Waals surface area contributed by atoms with Gasteiger partial charge in [-0.05, 0) is 18.2 Å². The SMILES string of the molecule is Fc1[c]cc(-c2c(Cl)cccc2Cl)c(F)c1N1CCNCC1. The molecule has 0 aliphatic carbocycles. The van der Waals surface area contributed by atoms with Crippen molar-refractivity contribution in [3.8, 4) is 11.1 Å². The van der Waals surface area contributed by atoms with E-state index in [4.69, 9.17) is 23.2 Å². The third kappa shape index (κ3) is 2.78. The minimum atomic E-state index is -0.702. The normalized spacial score (nSPS) is 15.2. The number of benzene rings is 2. The van der Waals surface area contributed by atoms with Crippen LogP contribution in [0.1, 0.15) is 0 Å². The van der Waals surface area contributed by atoms with Crippen molar-refractivity contribution >= 4 is 28.9 Å². The molecule has 1 fully saturated rings. The summed E-state index contributed by atoms with van der Waals surface area (Å²) in [7, 11) is 0. The average molecular weight is 342 g/mol. The molecule has 1 aliphatic heterocycles. The molecule has 0 saturated carbocycles. The predicted molar refractivity (Wildman–Crippen MR) is 85.7 cm³/mol. The van der Waals surface area contributed by atoms with Gasteiger partial charge in [-0.15, -0.1) is 0 Å². The first-order valence-electron chi connectivity index (χ1n) is 6.89. The van der Waals surface area contributed by atoms with E-state index in [0.29, 0.717) is 41.8 Å². The lowest BCUT2D eigenvalue weighted by Crippen LogP contribution is -2.44. The van der Waals surface area contributed by atoms with E-state index in [-0.39, 0.29) is 11.3 Å². The van der Waals surface area contributed by atoms with Gasteiger partial charge < -0.3 is 10.2 Å². The molecule has 1 N–H and O–H groups in total. The Hall–Kier alpha value is -1.36. The van der Waals surface area contributed by atoms with Crippen molar-refractivity contribution in [1.82, 2.24) is 5.32 Å². The molecule has 0 amide bonds. The van der Waals surface area contributed by atoms with Gasteiger partial charge in [0.25, 0.3) is 0 Å². The number of rotatable bonds is 2. The highest BCUT2D eigenvalue weighted by Gasteiger charge is 2.23. The molecule has 0 bridgehead atoms. The van der Waals surface area contributed by atoms with Crippen LogP contribution in [0, 0.1) is 17.7 Å². The van der Waals surface area contributed by atoms with Gasteiger partial charge in [-0.1, -0.05) is 29.3 Å². The van der Waals surface area contributed by atoms with E-state index in [2.05, 4.69) is 11.4 Å². The van der Waals surface area contributed by atoms with Crippen molar-refractivity contribution < 1.29 is 8.78 Å². The summed E-state index contributed by atoms with van der Waals surface area (Å²) in [5.74, 6) is -1.36. The quantitative estimate of drug-likeness (QED) is 0.882. The minimum Gasteiger partial charge on any atom is -0.364 e. The lowest BCUT2D eigenvalue weighted by atomic mass is 10.0. The van der Waals surface area contributed by atoms with Crippen LogP contribution in [0.3, 0.4) is 0 Å². The van der Waals surface area contributed by atoms with E-state index in [1.165, 1.54) is 6.07 Å². The molecule has 0 unspecified atom stereocenters. The molecule has 115 valence electrons. The summed E-state index contributed by atoms with van der Waals surface area (Å²) < 4.78 is 29.0. The van der Waals surface area contributed by atoms with E-state index >= 15 is 0 Å².